The van der Waals surface area contributed by atoms with Crippen molar-refractivity contribution in [3.8, 4) is 0 Å². The highest BCUT2D eigenvalue weighted by atomic mass is 19.3. The molecular weight excluding hydrogens is 260 g/mol. The van der Waals surface area contributed by atoms with Crippen LogP contribution in [0, 0.1) is 0 Å². The number of hydrogen-bond acceptors (Lipinski definition) is 5. The summed E-state index contributed by atoms with van der Waals surface area (Å²) in [6, 6.07) is 0. The van der Waals surface area contributed by atoms with Crippen LogP contribution in [-0.4, -0.2) is 39.3 Å². The normalized spacial score (nSPS) is 11.0. The average molecular weight is 277 g/mol. The number of carbonyl (C=O) groups is 1. The van der Waals surface area contributed by atoms with Crippen molar-refractivity contribution in [1.82, 2.24) is 15.0 Å². The highest BCUT2D eigenvalue weighted by Crippen LogP contribution is 2.22. The minimum absolute atomic E-state index is 0.0626. The van der Waals surface area contributed by atoms with Crippen LogP contribution in [0.4, 0.5) is 8.78 Å². The van der Waals surface area contributed by atoms with Gasteiger partial charge >= 0.3 is 5.97 Å². The smallest absolute Gasteiger partial charge is 0.361 e. The van der Waals surface area contributed by atoms with Crippen molar-refractivity contribution in [3.05, 3.63) is 11.4 Å². The molecule has 0 aromatic carbocycles. The van der Waals surface area contributed by atoms with Gasteiger partial charge in [0, 0.05) is 13.2 Å². The molecule has 1 heterocycles. The Labute approximate surface area is 109 Å². The van der Waals surface area contributed by atoms with Gasteiger partial charge in [-0.15, -0.1) is 5.10 Å². The zero-order valence-electron chi connectivity index (χ0n) is 10.7. The van der Waals surface area contributed by atoms with Crippen molar-refractivity contribution in [2.24, 2.45) is 0 Å². The minimum Gasteiger partial charge on any atom is -0.461 e. The summed E-state index contributed by atoms with van der Waals surface area (Å²) in [5.41, 5.74) is -0.943. The number of aryl methyl sites for hydroxylation is 1. The molecule has 1 N–H and O–H groups in total. The first kappa shape index (κ1) is 15.5. The van der Waals surface area contributed by atoms with E-state index in [1.54, 1.807) is 6.92 Å². The van der Waals surface area contributed by atoms with E-state index in [-0.39, 0.29) is 19.8 Å². The second-order valence-electron chi connectivity index (χ2n) is 3.85. The largest absolute Gasteiger partial charge is 0.461 e. The van der Waals surface area contributed by atoms with Gasteiger partial charge in [0.15, 0.2) is 5.69 Å². The van der Waals surface area contributed by atoms with Gasteiger partial charge in [-0.1, -0.05) is 5.21 Å². The highest BCUT2D eigenvalue weighted by molar-refractivity contribution is 5.88. The van der Waals surface area contributed by atoms with Crippen molar-refractivity contribution in [2.75, 3.05) is 13.2 Å². The molecule has 0 aliphatic rings. The highest BCUT2D eigenvalue weighted by Gasteiger charge is 2.27. The van der Waals surface area contributed by atoms with Gasteiger partial charge in [-0.05, 0) is 26.2 Å². The average Bonchev–Trinajstić information content (AvgIpc) is 2.79. The molecule has 0 spiro atoms. The van der Waals surface area contributed by atoms with Crippen LogP contribution >= 0.6 is 0 Å². The Bertz CT molecular complexity index is 410. The minimum atomic E-state index is -2.84. The molecule has 0 bridgehead atoms. The summed E-state index contributed by atoms with van der Waals surface area (Å²) in [6.45, 7) is 1.96. The Hall–Kier alpha value is -1.57. The summed E-state index contributed by atoms with van der Waals surface area (Å²) in [6.07, 6.45) is -0.976. The topological polar surface area (TPSA) is 77.2 Å². The summed E-state index contributed by atoms with van der Waals surface area (Å²) < 4.78 is 31.6. The van der Waals surface area contributed by atoms with Crippen LogP contribution < -0.4 is 0 Å². The van der Waals surface area contributed by atoms with Crippen LogP contribution in [0.5, 0.6) is 0 Å². The molecule has 0 aliphatic heterocycles. The molecule has 0 atom stereocenters. The standard InChI is InChI=1S/C11H17F2N3O3/c1-2-19-11(18)8-9(10(12)13)16(15-14-8)6-4-3-5-7-17/h10,17H,2-7H2,1H3. The number of ether oxygens (including phenoxy) is 1. The quantitative estimate of drug-likeness (QED) is 0.576. The molecule has 0 fully saturated rings. The Kier molecular flexibility index (Phi) is 6.34. The Morgan fingerprint density at radius 1 is 1.42 bits per heavy atom. The number of aliphatic hydroxyl groups excluding tert-OH is 1. The maximum absolute atomic E-state index is 12.9. The molecule has 1 rings (SSSR count). The van der Waals surface area contributed by atoms with Crippen LogP contribution in [0.15, 0.2) is 0 Å². The van der Waals surface area contributed by atoms with Crippen LogP contribution in [0.25, 0.3) is 0 Å². The molecule has 6 nitrogen and oxygen atoms in total. The van der Waals surface area contributed by atoms with Crippen molar-refractivity contribution in [1.29, 1.82) is 0 Å². The van der Waals surface area contributed by atoms with Gasteiger partial charge in [0.25, 0.3) is 6.43 Å². The first-order valence-electron chi connectivity index (χ1n) is 6.11. The molecule has 8 heteroatoms. The SMILES string of the molecule is CCOC(=O)c1nnn(CCCCCO)c1C(F)F. The van der Waals surface area contributed by atoms with Gasteiger partial charge < -0.3 is 9.84 Å². The number of aliphatic hydroxyl groups is 1. The van der Waals surface area contributed by atoms with Gasteiger partial charge in [-0.3, -0.25) is 0 Å². The third-order valence-corrected chi connectivity index (χ3v) is 2.48. The van der Waals surface area contributed by atoms with E-state index in [1.807, 2.05) is 0 Å². The lowest BCUT2D eigenvalue weighted by molar-refractivity contribution is 0.0506. The number of unbranched alkanes of at least 4 members (excludes halogenated alkanes) is 2. The fourth-order valence-electron chi connectivity index (χ4n) is 1.60. The van der Waals surface area contributed by atoms with Crippen molar-refractivity contribution in [3.63, 3.8) is 0 Å². The van der Waals surface area contributed by atoms with Gasteiger partial charge in [-0.25, -0.2) is 18.3 Å². The van der Waals surface area contributed by atoms with Crippen LogP contribution in [0.1, 0.15) is 48.8 Å². The molecule has 0 aliphatic carbocycles. The van der Waals surface area contributed by atoms with Gasteiger partial charge in [0.2, 0.25) is 0 Å². The first-order valence-corrected chi connectivity index (χ1v) is 6.11. The molecule has 108 valence electrons. The maximum atomic E-state index is 12.9. The van der Waals surface area contributed by atoms with E-state index < -0.39 is 23.8 Å². The third kappa shape index (κ3) is 4.23. The summed E-state index contributed by atoms with van der Waals surface area (Å²) in [7, 11) is 0. The van der Waals surface area contributed by atoms with E-state index >= 15 is 0 Å². The fourth-order valence-corrected chi connectivity index (χ4v) is 1.60. The Balaban J connectivity index is 2.78. The Morgan fingerprint density at radius 3 is 2.74 bits per heavy atom. The monoisotopic (exact) mass is 277 g/mol. The van der Waals surface area contributed by atoms with E-state index in [2.05, 4.69) is 15.0 Å². The number of carbonyl (C=O) groups excluding carboxylic acids is 1. The first-order chi connectivity index (χ1) is 9.11. The lowest BCUT2D eigenvalue weighted by atomic mass is 10.2. The number of alkyl halides is 2. The molecule has 0 saturated carbocycles. The van der Waals surface area contributed by atoms with E-state index in [1.165, 1.54) is 0 Å². The van der Waals surface area contributed by atoms with Crippen molar-refractivity contribution in [2.45, 2.75) is 39.2 Å². The van der Waals surface area contributed by atoms with Crippen LogP contribution in [0.2, 0.25) is 0 Å². The lowest BCUT2D eigenvalue weighted by Gasteiger charge is -2.06. The summed E-state index contributed by atoms with van der Waals surface area (Å²) in [5.74, 6) is -0.889. The zero-order chi connectivity index (χ0) is 14.3. The van der Waals surface area contributed by atoms with Crippen LogP contribution in [0.3, 0.4) is 0 Å². The number of esters is 1. The number of hydrogen-bond donors (Lipinski definition) is 1. The second kappa shape index (κ2) is 7.78. The van der Waals surface area contributed by atoms with E-state index in [4.69, 9.17) is 5.11 Å². The number of aromatic nitrogens is 3. The van der Waals surface area contributed by atoms with Crippen molar-refractivity contribution < 1.29 is 23.4 Å². The predicted molar refractivity (Wildman–Crippen MR) is 61.9 cm³/mol. The lowest BCUT2D eigenvalue weighted by Crippen LogP contribution is -2.11. The fraction of sp³-hybridized carbons (Fsp3) is 0.727. The third-order valence-electron chi connectivity index (χ3n) is 2.48. The molecule has 0 saturated heterocycles. The zero-order valence-corrected chi connectivity index (χ0v) is 10.7. The van der Waals surface area contributed by atoms with Crippen molar-refractivity contribution >= 4 is 5.97 Å². The Morgan fingerprint density at radius 2 is 2.16 bits per heavy atom. The number of rotatable bonds is 8. The molecule has 19 heavy (non-hydrogen) atoms. The number of halogens is 2. The molecule has 0 unspecified atom stereocenters. The van der Waals surface area contributed by atoms with E-state index in [9.17, 15) is 13.6 Å². The molecule has 1 aromatic heterocycles. The predicted octanol–water partition coefficient (Wildman–Crippen LogP) is 1.55. The van der Waals surface area contributed by atoms with Crippen LogP contribution in [-0.2, 0) is 11.3 Å². The molecular formula is C11H17F2N3O3. The van der Waals surface area contributed by atoms with E-state index in [0.717, 1.165) is 4.68 Å². The van der Waals surface area contributed by atoms with Gasteiger partial charge in [0.05, 0.1) is 6.61 Å². The van der Waals surface area contributed by atoms with Gasteiger partial charge in [0.1, 0.15) is 5.69 Å². The summed E-state index contributed by atoms with van der Waals surface area (Å²) in [5, 5.41) is 15.7. The molecule has 0 radical (unpaired) electrons. The summed E-state index contributed by atoms with van der Waals surface area (Å²) in [4.78, 5) is 11.5. The molecule has 0 amide bonds. The van der Waals surface area contributed by atoms with Gasteiger partial charge in [-0.2, -0.15) is 0 Å². The maximum Gasteiger partial charge on any atom is 0.361 e. The molecule has 1 aromatic rings. The number of nitrogens with zero attached hydrogens (tertiary/aromatic N) is 3. The van der Waals surface area contributed by atoms with E-state index in [0.29, 0.717) is 19.3 Å². The summed E-state index contributed by atoms with van der Waals surface area (Å²) >= 11 is 0. The second-order valence-corrected chi connectivity index (χ2v) is 3.85.